The molecule has 11 atom stereocenters. The molecule has 15 heteroatoms. The monoisotopic (exact) mass is 999 g/mol. The van der Waals surface area contributed by atoms with Gasteiger partial charge in [0.2, 0.25) is 0 Å². The predicted octanol–water partition coefficient (Wildman–Crippen LogP) is 8.49. The second-order valence-corrected chi connectivity index (χ2v) is 19.4. The minimum atomic E-state index is -1.77. The van der Waals surface area contributed by atoms with Gasteiger partial charge in [0.1, 0.15) is 55.4 Å². The number of aliphatic hydroxyl groups excluding tert-OH is 7. The van der Waals surface area contributed by atoms with Gasteiger partial charge >= 0.3 is 11.9 Å². The third-order valence-electron chi connectivity index (χ3n) is 13.1. The summed E-state index contributed by atoms with van der Waals surface area (Å²) in [4.78, 5) is 25.8. The highest BCUT2D eigenvalue weighted by molar-refractivity contribution is 5.70. The van der Waals surface area contributed by atoms with E-state index in [0.29, 0.717) is 19.3 Å². The van der Waals surface area contributed by atoms with E-state index in [-0.39, 0.29) is 19.4 Å². The van der Waals surface area contributed by atoms with E-state index in [1.54, 1.807) is 0 Å². The average Bonchev–Trinajstić information content (AvgIpc) is 3.35. The summed E-state index contributed by atoms with van der Waals surface area (Å²) in [7, 11) is 0. The summed E-state index contributed by atoms with van der Waals surface area (Å²) in [5.41, 5.74) is 0. The summed E-state index contributed by atoms with van der Waals surface area (Å²) in [6.45, 7) is 2.56. The van der Waals surface area contributed by atoms with E-state index < -0.39 is 99.3 Å². The minimum Gasteiger partial charge on any atom is -0.462 e. The number of hydrogen-bond acceptors (Lipinski definition) is 15. The first kappa shape index (κ1) is 63.8. The Bertz CT molecular complexity index is 1360. The van der Waals surface area contributed by atoms with Crippen LogP contribution in [0, 0.1) is 0 Å². The average molecular weight is 999 g/mol. The van der Waals surface area contributed by atoms with Crippen molar-refractivity contribution in [3.8, 4) is 0 Å². The zero-order valence-corrected chi connectivity index (χ0v) is 43.3. The molecular formula is C55H98O15. The molecular weight excluding hydrogens is 901 g/mol. The molecule has 0 aliphatic carbocycles. The predicted molar refractivity (Wildman–Crippen MR) is 270 cm³/mol. The topological polar surface area (TPSA) is 231 Å². The zero-order chi connectivity index (χ0) is 51.0. The zero-order valence-electron chi connectivity index (χ0n) is 43.3. The molecule has 0 spiro atoms. The van der Waals surface area contributed by atoms with Crippen molar-refractivity contribution in [2.45, 2.75) is 274 Å². The molecule has 15 nitrogen and oxygen atoms in total. The number of allylic oxidation sites excluding steroid dienone is 6. The highest BCUT2D eigenvalue weighted by atomic mass is 16.7. The molecule has 0 saturated carbocycles. The maximum Gasteiger partial charge on any atom is 0.306 e. The van der Waals surface area contributed by atoms with Crippen molar-refractivity contribution >= 4 is 11.9 Å². The van der Waals surface area contributed by atoms with Crippen molar-refractivity contribution in [1.29, 1.82) is 0 Å². The molecule has 4 unspecified atom stereocenters. The summed E-state index contributed by atoms with van der Waals surface area (Å²) < 4.78 is 33.6. The van der Waals surface area contributed by atoms with Gasteiger partial charge in [0, 0.05) is 12.8 Å². The van der Waals surface area contributed by atoms with Crippen LogP contribution in [0.5, 0.6) is 0 Å². The van der Waals surface area contributed by atoms with Crippen molar-refractivity contribution in [1.82, 2.24) is 0 Å². The maximum absolute atomic E-state index is 13.0. The molecule has 2 aliphatic rings. The second-order valence-electron chi connectivity index (χ2n) is 19.4. The molecule has 2 rings (SSSR count). The first-order chi connectivity index (χ1) is 34.0. The van der Waals surface area contributed by atoms with Gasteiger partial charge in [0.15, 0.2) is 18.7 Å². The minimum absolute atomic E-state index is 0.101. The normalized spacial score (nSPS) is 25.6. The molecule has 2 saturated heterocycles. The Morgan fingerprint density at radius 2 is 0.871 bits per heavy atom. The number of hydrogen-bond donors (Lipinski definition) is 7. The van der Waals surface area contributed by atoms with E-state index in [4.69, 9.17) is 28.4 Å². The second kappa shape index (κ2) is 42.1. The molecule has 2 heterocycles. The number of carbonyl (C=O) groups excluding carboxylic acids is 2. The Balaban J connectivity index is 1.80. The number of unbranched alkanes of at least 4 members (excludes halogenated alkanes) is 23. The Kier molecular flexibility index (Phi) is 38.4. The lowest BCUT2D eigenvalue weighted by atomic mass is 9.98. The SMILES string of the molecule is CCCCCCCC/C=C/CCCCCCCCCC(=O)OC[C@@H](CO[C@@H]1O[C@H](CO[C@@H]2O[C@H](CO)[C@H](O)C(O)C2O)[C@H](O)C(O)C1O)OC(=O)CCC/C=C/C/C=C/CCCCCCCCCCC. The first-order valence-electron chi connectivity index (χ1n) is 27.6. The van der Waals surface area contributed by atoms with Crippen LogP contribution >= 0.6 is 0 Å². The third-order valence-corrected chi connectivity index (χ3v) is 13.1. The number of carbonyl (C=O) groups is 2. The van der Waals surface area contributed by atoms with Crippen LogP contribution in [-0.2, 0) is 38.0 Å². The number of ether oxygens (including phenoxy) is 6. The van der Waals surface area contributed by atoms with Gasteiger partial charge in [-0.15, -0.1) is 0 Å². The van der Waals surface area contributed by atoms with Crippen molar-refractivity contribution in [3.63, 3.8) is 0 Å². The van der Waals surface area contributed by atoms with E-state index in [2.05, 4.69) is 44.2 Å². The fourth-order valence-corrected chi connectivity index (χ4v) is 8.55. The lowest BCUT2D eigenvalue weighted by Crippen LogP contribution is -2.61. The van der Waals surface area contributed by atoms with Gasteiger partial charge in [-0.05, 0) is 64.2 Å². The molecule has 2 fully saturated rings. The summed E-state index contributed by atoms with van der Waals surface area (Å²) >= 11 is 0. The Morgan fingerprint density at radius 1 is 0.457 bits per heavy atom. The van der Waals surface area contributed by atoms with Crippen molar-refractivity contribution in [2.75, 3.05) is 26.4 Å². The highest BCUT2D eigenvalue weighted by Crippen LogP contribution is 2.26. The van der Waals surface area contributed by atoms with Gasteiger partial charge in [0.05, 0.1) is 19.8 Å². The van der Waals surface area contributed by atoms with Gasteiger partial charge in [-0.2, -0.15) is 0 Å². The van der Waals surface area contributed by atoms with Crippen molar-refractivity contribution in [2.24, 2.45) is 0 Å². The molecule has 0 radical (unpaired) electrons. The molecule has 0 aromatic rings. The van der Waals surface area contributed by atoms with Crippen LogP contribution in [0.3, 0.4) is 0 Å². The van der Waals surface area contributed by atoms with E-state index in [9.17, 15) is 45.3 Å². The summed E-state index contributed by atoms with van der Waals surface area (Å²) in [5, 5.41) is 72.2. The van der Waals surface area contributed by atoms with Crippen LogP contribution < -0.4 is 0 Å². The van der Waals surface area contributed by atoms with E-state index >= 15 is 0 Å². The van der Waals surface area contributed by atoms with Gasteiger partial charge in [-0.25, -0.2) is 0 Å². The third kappa shape index (κ3) is 29.4. The Hall–Kier alpha value is -2.28. The molecule has 0 bridgehead atoms. The van der Waals surface area contributed by atoms with Gasteiger partial charge in [-0.3, -0.25) is 9.59 Å². The fraction of sp³-hybridized carbons (Fsp3) is 0.855. The first-order valence-corrected chi connectivity index (χ1v) is 27.6. The van der Waals surface area contributed by atoms with Crippen LogP contribution in [0.1, 0.15) is 206 Å². The Morgan fingerprint density at radius 3 is 1.39 bits per heavy atom. The quantitative estimate of drug-likeness (QED) is 0.0173. The lowest BCUT2D eigenvalue weighted by molar-refractivity contribution is -0.332. The molecule has 0 aromatic heterocycles. The van der Waals surface area contributed by atoms with Crippen molar-refractivity contribution in [3.05, 3.63) is 36.5 Å². The van der Waals surface area contributed by atoms with Crippen LogP contribution in [0.15, 0.2) is 36.5 Å². The molecule has 7 N–H and O–H groups in total. The van der Waals surface area contributed by atoms with Crippen LogP contribution in [0.4, 0.5) is 0 Å². The van der Waals surface area contributed by atoms with Gasteiger partial charge < -0.3 is 64.2 Å². The largest absolute Gasteiger partial charge is 0.462 e. The molecule has 0 aromatic carbocycles. The number of rotatable bonds is 43. The van der Waals surface area contributed by atoms with E-state index in [1.807, 2.05) is 6.08 Å². The number of esters is 2. The molecule has 408 valence electrons. The number of aliphatic hydroxyl groups is 7. The summed E-state index contributed by atoms with van der Waals surface area (Å²) in [6, 6.07) is 0. The maximum atomic E-state index is 13.0. The fourth-order valence-electron chi connectivity index (χ4n) is 8.55. The summed E-state index contributed by atoms with van der Waals surface area (Å²) in [5.74, 6) is -0.978. The Labute approximate surface area is 421 Å². The molecule has 0 amide bonds. The standard InChI is InChI=1S/C55H98O15/c1-3-5-7-9-11-13-15-17-19-21-23-25-27-29-31-33-35-37-46(57)65-40-43(68-47(58)38-36-34-32-30-28-26-24-22-20-18-16-14-12-10-8-6-4-2)41-66-54-53(64)51(62)49(60)45(70-54)42-67-55-52(63)50(61)48(59)44(39-56)69-55/h17,19,24,26,30,32,43-45,48-56,59-64H,3-16,18,20-23,25,27-29,31,33-42H2,1-2H3/b19-17+,26-24+,32-30+/t43-,44+,45+,48-,49-,50?,51?,52?,53?,54+,55+/m0/s1. The lowest BCUT2D eigenvalue weighted by Gasteiger charge is -2.42. The van der Waals surface area contributed by atoms with E-state index in [1.165, 1.54) is 116 Å². The summed E-state index contributed by atoms with van der Waals surface area (Å²) in [6.07, 6.45) is 28.9. The smallest absolute Gasteiger partial charge is 0.306 e. The van der Waals surface area contributed by atoms with Crippen molar-refractivity contribution < 1.29 is 73.8 Å². The molecule has 2 aliphatic heterocycles. The highest BCUT2D eigenvalue weighted by Gasteiger charge is 2.47. The van der Waals surface area contributed by atoms with Crippen LogP contribution in [0.25, 0.3) is 0 Å². The molecule has 70 heavy (non-hydrogen) atoms. The van der Waals surface area contributed by atoms with E-state index in [0.717, 1.165) is 44.9 Å². The van der Waals surface area contributed by atoms with Gasteiger partial charge in [0.25, 0.3) is 0 Å². The van der Waals surface area contributed by atoms with Crippen LogP contribution in [0.2, 0.25) is 0 Å². The van der Waals surface area contributed by atoms with Gasteiger partial charge in [-0.1, -0.05) is 166 Å². The van der Waals surface area contributed by atoms with Crippen LogP contribution in [-0.4, -0.2) is 142 Å².